The van der Waals surface area contributed by atoms with Gasteiger partial charge in [0.05, 0.1) is 26.3 Å². The fourth-order valence-corrected chi connectivity index (χ4v) is 4.22. The number of imidazole rings is 1. The fourth-order valence-electron chi connectivity index (χ4n) is 4.22. The van der Waals surface area contributed by atoms with E-state index in [9.17, 15) is 9.59 Å². The van der Waals surface area contributed by atoms with E-state index in [2.05, 4.69) is 4.98 Å². The number of aromatic amines is 1. The summed E-state index contributed by atoms with van der Waals surface area (Å²) in [5.74, 6) is 1.35. The molecular formula is C24H24N4O4. The molecule has 1 aliphatic heterocycles. The van der Waals surface area contributed by atoms with Crippen LogP contribution >= 0.6 is 0 Å². The van der Waals surface area contributed by atoms with E-state index in [0.717, 1.165) is 29.7 Å². The molecule has 8 heteroatoms. The van der Waals surface area contributed by atoms with E-state index in [1.807, 2.05) is 59.2 Å². The number of H-pyrrole nitrogens is 1. The number of rotatable bonds is 6. The van der Waals surface area contributed by atoms with Crippen molar-refractivity contribution in [3.05, 3.63) is 81.0 Å². The second kappa shape index (κ2) is 8.47. The molecule has 4 aromatic rings. The maximum atomic E-state index is 13.0. The summed E-state index contributed by atoms with van der Waals surface area (Å²) in [7, 11) is 1.61. The Balaban J connectivity index is 1.71. The molecule has 8 nitrogen and oxygen atoms in total. The Morgan fingerprint density at radius 1 is 1.09 bits per heavy atom. The lowest BCUT2D eigenvalue weighted by atomic mass is 10.2. The average molecular weight is 432 g/mol. The van der Waals surface area contributed by atoms with Gasteiger partial charge in [-0.1, -0.05) is 30.3 Å². The van der Waals surface area contributed by atoms with Gasteiger partial charge in [0.2, 0.25) is 0 Å². The van der Waals surface area contributed by atoms with Crippen molar-refractivity contribution in [1.82, 2.24) is 19.1 Å². The predicted molar refractivity (Wildman–Crippen MR) is 121 cm³/mol. The van der Waals surface area contributed by atoms with E-state index in [-0.39, 0.29) is 6.10 Å². The first-order chi connectivity index (χ1) is 15.6. The van der Waals surface area contributed by atoms with Gasteiger partial charge in [-0.05, 0) is 42.7 Å². The number of benzene rings is 2. The number of hydrogen-bond acceptors (Lipinski definition) is 5. The van der Waals surface area contributed by atoms with Crippen molar-refractivity contribution >= 4 is 11.2 Å². The number of fused-ring (bicyclic) bond motifs is 1. The number of nitrogens with zero attached hydrogens (tertiary/aromatic N) is 3. The highest BCUT2D eigenvalue weighted by atomic mass is 16.5. The molecule has 0 radical (unpaired) electrons. The van der Waals surface area contributed by atoms with Crippen molar-refractivity contribution < 1.29 is 9.47 Å². The van der Waals surface area contributed by atoms with Crippen LogP contribution in [0.3, 0.4) is 0 Å². The maximum Gasteiger partial charge on any atom is 0.330 e. The molecule has 1 fully saturated rings. The predicted octanol–water partition coefficient (Wildman–Crippen LogP) is 2.79. The molecule has 0 bridgehead atoms. The average Bonchev–Trinajstić information content (AvgIpc) is 3.46. The quantitative estimate of drug-likeness (QED) is 0.506. The van der Waals surface area contributed by atoms with Crippen LogP contribution in [-0.4, -0.2) is 38.9 Å². The summed E-state index contributed by atoms with van der Waals surface area (Å²) < 4.78 is 14.5. The lowest BCUT2D eigenvalue weighted by molar-refractivity contribution is 0.0982. The van der Waals surface area contributed by atoms with Crippen LogP contribution < -0.4 is 16.0 Å². The minimum atomic E-state index is -0.477. The molecule has 164 valence electrons. The highest BCUT2D eigenvalue weighted by molar-refractivity contribution is 5.77. The van der Waals surface area contributed by atoms with Crippen molar-refractivity contribution in [2.24, 2.45) is 0 Å². The van der Waals surface area contributed by atoms with E-state index in [0.29, 0.717) is 36.7 Å². The Bertz CT molecular complexity index is 1350. The summed E-state index contributed by atoms with van der Waals surface area (Å²) in [5, 5.41) is 0. The first kappa shape index (κ1) is 20.3. The Hall–Kier alpha value is -3.65. The van der Waals surface area contributed by atoms with Crippen LogP contribution in [0.15, 0.2) is 64.2 Å². The monoisotopic (exact) mass is 432 g/mol. The second-order valence-electron chi connectivity index (χ2n) is 7.91. The standard InChI is InChI=1S/C24H24N4O4/c1-31-18-11-9-17(10-12-18)21-25-22-20(27(21)15-19-8-5-13-32-19)23(29)26-24(30)28(22)14-16-6-3-2-4-7-16/h2-4,6-7,9-12,19H,5,8,13-15H2,1H3,(H,26,29,30)/t19-/m1/s1. The third kappa shape index (κ3) is 3.73. The zero-order valence-electron chi connectivity index (χ0n) is 17.8. The number of ether oxygens (including phenoxy) is 2. The molecule has 32 heavy (non-hydrogen) atoms. The molecule has 5 rings (SSSR count). The van der Waals surface area contributed by atoms with Crippen molar-refractivity contribution in [3.63, 3.8) is 0 Å². The van der Waals surface area contributed by atoms with Gasteiger partial charge in [0.25, 0.3) is 5.56 Å². The van der Waals surface area contributed by atoms with Gasteiger partial charge in [0.1, 0.15) is 11.6 Å². The zero-order chi connectivity index (χ0) is 22.1. The van der Waals surface area contributed by atoms with Gasteiger partial charge < -0.3 is 14.0 Å². The van der Waals surface area contributed by atoms with E-state index < -0.39 is 11.2 Å². The summed E-state index contributed by atoms with van der Waals surface area (Å²) in [4.78, 5) is 33.0. The first-order valence-corrected chi connectivity index (χ1v) is 10.7. The third-order valence-electron chi connectivity index (χ3n) is 5.83. The third-order valence-corrected chi connectivity index (χ3v) is 5.83. The Morgan fingerprint density at radius 3 is 2.56 bits per heavy atom. The van der Waals surface area contributed by atoms with E-state index in [1.54, 1.807) is 7.11 Å². The largest absolute Gasteiger partial charge is 0.497 e. The summed E-state index contributed by atoms with van der Waals surface area (Å²) in [6.45, 7) is 1.51. The summed E-state index contributed by atoms with van der Waals surface area (Å²) in [6.07, 6.45) is 1.91. The summed E-state index contributed by atoms with van der Waals surface area (Å²) >= 11 is 0. The number of nitrogens with one attached hydrogen (secondary N) is 1. The second-order valence-corrected chi connectivity index (χ2v) is 7.91. The molecule has 2 aromatic heterocycles. The SMILES string of the molecule is COc1ccc(-c2nc3c(c(=O)[nH]c(=O)n3Cc3ccccc3)n2C[C@H]2CCCO2)cc1. The Kier molecular flexibility index (Phi) is 5.36. The van der Waals surface area contributed by atoms with E-state index in [4.69, 9.17) is 14.5 Å². The lowest BCUT2D eigenvalue weighted by Gasteiger charge is -2.14. The normalized spacial score (nSPS) is 16.0. The number of hydrogen-bond donors (Lipinski definition) is 1. The van der Waals surface area contributed by atoms with Crippen LogP contribution in [0.5, 0.6) is 5.75 Å². The summed E-state index contributed by atoms with van der Waals surface area (Å²) in [5.41, 5.74) is 1.60. The zero-order valence-corrected chi connectivity index (χ0v) is 17.8. The molecule has 3 heterocycles. The maximum absolute atomic E-state index is 13.0. The van der Waals surface area contributed by atoms with Gasteiger partial charge in [-0.25, -0.2) is 9.78 Å². The van der Waals surface area contributed by atoms with Crippen LogP contribution in [0.1, 0.15) is 18.4 Å². The lowest BCUT2D eigenvalue weighted by Crippen LogP contribution is -2.32. The van der Waals surface area contributed by atoms with Crippen LogP contribution in [0.4, 0.5) is 0 Å². The van der Waals surface area contributed by atoms with Gasteiger partial charge in [-0.2, -0.15) is 0 Å². The molecule has 1 atom stereocenters. The van der Waals surface area contributed by atoms with Crippen molar-refractivity contribution in [3.8, 4) is 17.1 Å². The number of aromatic nitrogens is 4. The van der Waals surface area contributed by atoms with E-state index >= 15 is 0 Å². The van der Waals surface area contributed by atoms with Gasteiger partial charge in [0.15, 0.2) is 11.2 Å². The van der Waals surface area contributed by atoms with Crippen molar-refractivity contribution in [2.45, 2.75) is 32.0 Å². The van der Waals surface area contributed by atoms with Gasteiger partial charge in [-0.15, -0.1) is 0 Å². The number of methoxy groups -OCH3 is 1. The molecule has 1 aliphatic rings. The van der Waals surface area contributed by atoms with Crippen LogP contribution in [0.25, 0.3) is 22.6 Å². The topological polar surface area (TPSA) is 91.1 Å². The minimum absolute atomic E-state index is 0.00157. The molecule has 1 saturated heterocycles. The molecule has 2 aromatic carbocycles. The Labute approximate surface area is 184 Å². The Morgan fingerprint density at radius 2 is 1.88 bits per heavy atom. The minimum Gasteiger partial charge on any atom is -0.497 e. The highest BCUT2D eigenvalue weighted by Gasteiger charge is 2.24. The van der Waals surface area contributed by atoms with Crippen LogP contribution in [-0.2, 0) is 17.8 Å². The van der Waals surface area contributed by atoms with Crippen LogP contribution in [0.2, 0.25) is 0 Å². The molecule has 0 aliphatic carbocycles. The fraction of sp³-hybridized carbons (Fsp3) is 0.292. The molecular weight excluding hydrogens is 408 g/mol. The smallest absolute Gasteiger partial charge is 0.330 e. The summed E-state index contributed by atoms with van der Waals surface area (Å²) in [6, 6.07) is 17.2. The van der Waals surface area contributed by atoms with Crippen molar-refractivity contribution in [1.29, 1.82) is 0 Å². The van der Waals surface area contributed by atoms with Gasteiger partial charge in [-0.3, -0.25) is 14.3 Å². The molecule has 0 amide bonds. The molecule has 0 unspecified atom stereocenters. The molecule has 0 spiro atoms. The van der Waals surface area contributed by atoms with Crippen LogP contribution in [0, 0.1) is 0 Å². The van der Waals surface area contributed by atoms with E-state index in [1.165, 1.54) is 4.57 Å². The van der Waals surface area contributed by atoms with Gasteiger partial charge in [0, 0.05) is 12.2 Å². The van der Waals surface area contributed by atoms with Gasteiger partial charge >= 0.3 is 5.69 Å². The first-order valence-electron chi connectivity index (χ1n) is 10.7. The molecule has 0 saturated carbocycles. The highest BCUT2D eigenvalue weighted by Crippen LogP contribution is 2.27. The molecule has 1 N–H and O–H groups in total. The van der Waals surface area contributed by atoms with Crippen molar-refractivity contribution in [2.75, 3.05) is 13.7 Å².